The molecule has 1 N–H and O–H groups in total. The maximum atomic E-state index is 12.3. The second-order valence-corrected chi connectivity index (χ2v) is 4.41. The molecule has 0 saturated heterocycles. The number of hydrogen-bond donors (Lipinski definition) is 1. The van der Waals surface area contributed by atoms with Crippen LogP contribution in [0.25, 0.3) is 4.98 Å². The first-order valence-electron chi connectivity index (χ1n) is 5.69. The zero-order valence-corrected chi connectivity index (χ0v) is 10.1. The van der Waals surface area contributed by atoms with Gasteiger partial charge < -0.3 is 10.0 Å². The fourth-order valence-corrected chi connectivity index (χ4v) is 1.97. The Morgan fingerprint density at radius 1 is 1.44 bits per heavy atom. The smallest absolute Gasteiger partial charge is 0.388 e. The molecule has 1 aromatic carbocycles. The van der Waals surface area contributed by atoms with Crippen LogP contribution in [-0.2, 0) is 4.79 Å². The predicted molar refractivity (Wildman–Crippen MR) is 67.3 cm³/mol. The van der Waals surface area contributed by atoms with Crippen molar-refractivity contribution in [2.24, 2.45) is 5.41 Å². The highest BCUT2D eigenvalue weighted by Crippen LogP contribution is 2.52. The van der Waals surface area contributed by atoms with Gasteiger partial charge >= 0.3 is 6.20 Å². The molecular weight excluding hydrogens is 230 g/mol. The standard InChI is InChI=1S/C13H13N3O2/c1-16(10-5-3-2-4-6-10)12(18)13(7-8-13)11(17)9-15-14/h2-6,9H,7-8H2,1H3/p+1/b11-9-. The molecule has 0 spiro atoms. The monoisotopic (exact) mass is 244 g/mol. The summed E-state index contributed by atoms with van der Waals surface area (Å²) >= 11 is 0. The second-order valence-electron chi connectivity index (χ2n) is 4.41. The normalized spacial score (nSPS) is 16.8. The van der Waals surface area contributed by atoms with Crippen molar-refractivity contribution in [3.05, 3.63) is 47.3 Å². The third kappa shape index (κ3) is 1.93. The Hall–Kier alpha value is -2.35. The average Bonchev–Trinajstić information content (AvgIpc) is 3.20. The van der Waals surface area contributed by atoms with E-state index in [2.05, 4.69) is 4.98 Å². The number of carbonyl (C=O) groups excluding carboxylic acids is 1. The molecule has 1 fully saturated rings. The Labute approximate surface area is 105 Å². The molecule has 2 rings (SSSR count). The minimum absolute atomic E-state index is 0.183. The number of nitrogens with zero attached hydrogens (tertiary/aromatic N) is 3. The first-order chi connectivity index (χ1) is 8.62. The Balaban J connectivity index is 2.23. The van der Waals surface area contributed by atoms with E-state index in [1.54, 1.807) is 7.05 Å². The Bertz CT molecular complexity index is 527. The van der Waals surface area contributed by atoms with E-state index in [9.17, 15) is 9.90 Å². The quantitative estimate of drug-likeness (QED) is 0.656. The highest BCUT2D eigenvalue weighted by atomic mass is 16.3. The maximum absolute atomic E-state index is 12.3. The van der Waals surface area contributed by atoms with E-state index in [0.29, 0.717) is 12.8 Å². The summed E-state index contributed by atoms with van der Waals surface area (Å²) in [7, 11) is 1.67. The maximum Gasteiger partial charge on any atom is 0.388 e. The Morgan fingerprint density at radius 3 is 2.56 bits per heavy atom. The molecule has 1 aliphatic carbocycles. The van der Waals surface area contributed by atoms with E-state index in [1.165, 1.54) is 4.90 Å². The van der Waals surface area contributed by atoms with Crippen LogP contribution in [0, 0.1) is 10.8 Å². The van der Waals surface area contributed by atoms with Crippen LogP contribution in [0.1, 0.15) is 12.8 Å². The number of rotatable bonds is 3. The van der Waals surface area contributed by atoms with Crippen molar-refractivity contribution in [1.82, 2.24) is 0 Å². The number of diazo groups is 1. The van der Waals surface area contributed by atoms with Crippen molar-refractivity contribution in [3.8, 4) is 0 Å². The van der Waals surface area contributed by atoms with Gasteiger partial charge in [0.15, 0.2) is 10.7 Å². The minimum Gasteiger partial charge on any atom is -0.505 e. The van der Waals surface area contributed by atoms with Crippen LogP contribution in [0.3, 0.4) is 0 Å². The third-order valence-electron chi connectivity index (χ3n) is 3.28. The molecule has 5 heteroatoms. The van der Waals surface area contributed by atoms with Crippen molar-refractivity contribution in [1.29, 1.82) is 5.39 Å². The van der Waals surface area contributed by atoms with Gasteiger partial charge in [-0.3, -0.25) is 4.79 Å². The van der Waals surface area contributed by atoms with Crippen LogP contribution in [0.2, 0.25) is 0 Å². The second kappa shape index (κ2) is 4.49. The van der Waals surface area contributed by atoms with Gasteiger partial charge in [0.25, 0.3) is 0 Å². The Morgan fingerprint density at radius 2 is 2.06 bits per heavy atom. The first-order valence-corrected chi connectivity index (χ1v) is 5.69. The summed E-state index contributed by atoms with van der Waals surface area (Å²) in [6, 6.07) is 9.21. The lowest BCUT2D eigenvalue weighted by Crippen LogP contribution is -2.35. The lowest BCUT2D eigenvalue weighted by Gasteiger charge is -2.22. The molecule has 1 aromatic rings. The number of carbonyl (C=O) groups is 1. The van der Waals surface area contributed by atoms with Crippen molar-refractivity contribution in [2.75, 3.05) is 11.9 Å². The van der Waals surface area contributed by atoms with E-state index in [1.807, 2.05) is 30.3 Å². The number of para-hydroxylation sites is 1. The van der Waals surface area contributed by atoms with E-state index >= 15 is 0 Å². The fourth-order valence-electron chi connectivity index (χ4n) is 1.97. The fraction of sp³-hybridized carbons (Fsp3) is 0.308. The molecule has 0 aliphatic heterocycles. The van der Waals surface area contributed by atoms with Crippen molar-refractivity contribution < 1.29 is 9.90 Å². The molecule has 0 heterocycles. The van der Waals surface area contributed by atoms with Gasteiger partial charge in [0.2, 0.25) is 11.3 Å². The molecular formula is C13H14N3O2+. The number of hydrogen-bond acceptors (Lipinski definition) is 3. The molecule has 92 valence electrons. The van der Waals surface area contributed by atoms with Crippen LogP contribution in [-0.4, -0.2) is 18.1 Å². The number of anilines is 1. The molecule has 0 aromatic heterocycles. The molecule has 0 radical (unpaired) electrons. The number of aliphatic hydroxyl groups excluding tert-OH is 1. The van der Waals surface area contributed by atoms with Gasteiger partial charge in [0.05, 0.1) is 0 Å². The summed E-state index contributed by atoms with van der Waals surface area (Å²) in [5, 5.41) is 18.2. The summed E-state index contributed by atoms with van der Waals surface area (Å²) < 4.78 is 0. The van der Waals surface area contributed by atoms with E-state index in [4.69, 9.17) is 5.39 Å². The molecule has 1 aliphatic rings. The topological polar surface area (TPSA) is 68.7 Å². The predicted octanol–water partition coefficient (Wildman–Crippen LogP) is 2.68. The molecule has 0 atom stereocenters. The largest absolute Gasteiger partial charge is 0.505 e. The van der Waals surface area contributed by atoms with Crippen molar-refractivity contribution in [3.63, 3.8) is 0 Å². The zero-order chi connectivity index (χ0) is 13.2. The number of benzene rings is 1. The van der Waals surface area contributed by atoms with E-state index < -0.39 is 5.41 Å². The van der Waals surface area contributed by atoms with Crippen LogP contribution in [0.4, 0.5) is 5.69 Å². The SMILES string of the molecule is CN(C(=O)C1(/C(O)=C/[N+]#N)CC1)c1ccccc1. The molecule has 1 saturated carbocycles. The van der Waals surface area contributed by atoms with Crippen LogP contribution in [0.5, 0.6) is 0 Å². The Kier molecular flexibility index (Phi) is 3.02. The lowest BCUT2D eigenvalue weighted by molar-refractivity contribution is -0.123. The van der Waals surface area contributed by atoms with Crippen molar-refractivity contribution >= 4 is 11.6 Å². The molecule has 0 bridgehead atoms. The van der Waals surface area contributed by atoms with Gasteiger partial charge in [-0.15, -0.1) is 0 Å². The van der Waals surface area contributed by atoms with Crippen LogP contribution >= 0.6 is 0 Å². The zero-order valence-electron chi connectivity index (χ0n) is 10.1. The summed E-state index contributed by atoms with van der Waals surface area (Å²) in [4.78, 5) is 16.6. The van der Waals surface area contributed by atoms with Gasteiger partial charge in [-0.05, 0) is 25.0 Å². The van der Waals surface area contributed by atoms with Gasteiger partial charge in [0.1, 0.15) is 5.41 Å². The van der Waals surface area contributed by atoms with Gasteiger partial charge in [-0.1, -0.05) is 18.2 Å². The van der Waals surface area contributed by atoms with E-state index in [0.717, 1.165) is 11.9 Å². The molecule has 5 nitrogen and oxygen atoms in total. The number of aliphatic hydroxyl groups is 1. The minimum atomic E-state index is -0.906. The molecule has 18 heavy (non-hydrogen) atoms. The van der Waals surface area contributed by atoms with Gasteiger partial charge in [-0.2, -0.15) is 0 Å². The third-order valence-corrected chi connectivity index (χ3v) is 3.28. The van der Waals surface area contributed by atoms with Crippen LogP contribution < -0.4 is 4.90 Å². The molecule has 0 unspecified atom stereocenters. The van der Waals surface area contributed by atoms with Crippen molar-refractivity contribution in [2.45, 2.75) is 12.8 Å². The average molecular weight is 244 g/mol. The lowest BCUT2D eigenvalue weighted by atomic mass is 10.0. The summed E-state index contributed by atoms with van der Waals surface area (Å²) in [5.74, 6) is -0.371. The van der Waals surface area contributed by atoms with Gasteiger partial charge in [0, 0.05) is 12.7 Å². The van der Waals surface area contributed by atoms with Crippen LogP contribution in [0.15, 0.2) is 42.3 Å². The number of amides is 1. The summed E-state index contributed by atoms with van der Waals surface area (Å²) in [6.45, 7) is 0. The van der Waals surface area contributed by atoms with Gasteiger partial charge in [-0.25, -0.2) is 0 Å². The molecule has 1 amide bonds. The summed E-state index contributed by atoms with van der Waals surface area (Å²) in [5.41, 5.74) is -0.140. The van der Waals surface area contributed by atoms with E-state index in [-0.39, 0.29) is 11.7 Å². The highest BCUT2D eigenvalue weighted by Gasteiger charge is 2.56. The highest BCUT2D eigenvalue weighted by molar-refractivity contribution is 6.00. The summed E-state index contributed by atoms with van der Waals surface area (Å²) in [6.07, 6.45) is 2.06. The first kappa shape index (κ1) is 12.1.